The molecule has 1 amide bonds. The number of ether oxygens (including phenoxy) is 1. The molecule has 0 aliphatic carbocycles. The molecule has 0 aliphatic rings. The zero-order valence-electron chi connectivity index (χ0n) is 16.5. The van der Waals surface area contributed by atoms with E-state index in [9.17, 15) is 14.7 Å². The first kappa shape index (κ1) is 21.8. The third-order valence-corrected chi connectivity index (χ3v) is 4.12. The number of phenols is 1. The number of aromatic hydroxyl groups is 1. The van der Waals surface area contributed by atoms with Gasteiger partial charge in [-0.25, -0.2) is 9.59 Å². The third kappa shape index (κ3) is 6.28. The molecule has 0 bridgehead atoms. The van der Waals surface area contributed by atoms with Crippen LogP contribution >= 0.6 is 0 Å². The van der Waals surface area contributed by atoms with Gasteiger partial charge in [-0.2, -0.15) is 10.2 Å². The molecule has 154 valence electrons. The first-order chi connectivity index (χ1) is 13.8. The van der Waals surface area contributed by atoms with E-state index in [0.29, 0.717) is 24.5 Å². The first-order valence-electron chi connectivity index (χ1n) is 8.92. The zero-order chi connectivity index (χ0) is 21.4. The van der Waals surface area contributed by atoms with Crippen molar-refractivity contribution in [2.75, 3.05) is 27.2 Å². The van der Waals surface area contributed by atoms with E-state index >= 15 is 0 Å². The van der Waals surface area contributed by atoms with E-state index in [0.717, 1.165) is 11.1 Å². The molecule has 0 radical (unpaired) electrons. The molecule has 2 rings (SSSR count). The van der Waals surface area contributed by atoms with Crippen molar-refractivity contribution in [1.82, 2.24) is 10.2 Å². The molecule has 0 atom stereocenters. The van der Waals surface area contributed by atoms with Gasteiger partial charge in [0.2, 0.25) is 0 Å². The van der Waals surface area contributed by atoms with E-state index in [1.165, 1.54) is 23.1 Å². The normalized spacial score (nSPS) is 10.9. The molecule has 0 heterocycles. The summed E-state index contributed by atoms with van der Waals surface area (Å²) in [5.74, 6) is -1.57. The van der Waals surface area contributed by atoms with Crippen molar-refractivity contribution in [1.29, 1.82) is 0 Å². The van der Waals surface area contributed by atoms with Crippen LogP contribution in [0.2, 0.25) is 0 Å². The standard InChI is InChI=1S/C20H24N4O5/c1-13-10-14(12-29-20(28)24(3)9-8-21-2)4-6-17(13)23-22-15-5-7-18(25)16(11-15)19(26)27/h4-7,10-11,21,25H,8-9,12H2,1-3H3,(H,26,27). The van der Waals surface area contributed by atoms with E-state index in [1.54, 1.807) is 19.2 Å². The van der Waals surface area contributed by atoms with Crippen molar-refractivity contribution < 1.29 is 24.5 Å². The Morgan fingerprint density at radius 3 is 2.59 bits per heavy atom. The zero-order valence-corrected chi connectivity index (χ0v) is 16.5. The van der Waals surface area contributed by atoms with E-state index in [1.807, 2.05) is 20.0 Å². The quantitative estimate of drug-likeness (QED) is 0.582. The van der Waals surface area contributed by atoms with Crippen molar-refractivity contribution in [3.8, 4) is 5.75 Å². The lowest BCUT2D eigenvalue weighted by molar-refractivity contribution is 0.0693. The Kier molecular flexibility index (Phi) is 7.67. The number of carboxylic acids is 1. The second-order valence-corrected chi connectivity index (χ2v) is 6.41. The van der Waals surface area contributed by atoms with Gasteiger partial charge >= 0.3 is 12.1 Å². The van der Waals surface area contributed by atoms with Crippen LogP contribution in [-0.4, -0.2) is 54.4 Å². The Labute approximate surface area is 168 Å². The van der Waals surface area contributed by atoms with Crippen LogP contribution in [0.3, 0.4) is 0 Å². The summed E-state index contributed by atoms with van der Waals surface area (Å²) in [5.41, 5.74) is 2.30. The Morgan fingerprint density at radius 2 is 1.93 bits per heavy atom. The predicted octanol–water partition coefficient (Wildman–Crippen LogP) is 3.60. The highest BCUT2D eigenvalue weighted by molar-refractivity contribution is 5.91. The number of nitrogens with zero attached hydrogens (tertiary/aromatic N) is 3. The summed E-state index contributed by atoms with van der Waals surface area (Å²) in [6, 6.07) is 9.34. The third-order valence-electron chi connectivity index (χ3n) is 4.12. The van der Waals surface area contributed by atoms with Crippen LogP contribution in [0, 0.1) is 6.92 Å². The minimum atomic E-state index is -1.24. The van der Waals surface area contributed by atoms with Crippen LogP contribution in [0.4, 0.5) is 16.2 Å². The molecule has 29 heavy (non-hydrogen) atoms. The van der Waals surface area contributed by atoms with E-state index < -0.39 is 12.1 Å². The van der Waals surface area contributed by atoms with Gasteiger partial charge in [0.1, 0.15) is 17.9 Å². The number of hydrogen-bond donors (Lipinski definition) is 3. The molecular weight excluding hydrogens is 376 g/mol. The maximum atomic E-state index is 11.9. The maximum Gasteiger partial charge on any atom is 0.409 e. The van der Waals surface area contributed by atoms with Gasteiger partial charge in [0, 0.05) is 20.1 Å². The van der Waals surface area contributed by atoms with Crippen molar-refractivity contribution in [3.63, 3.8) is 0 Å². The topological polar surface area (TPSA) is 124 Å². The van der Waals surface area contributed by atoms with Gasteiger partial charge in [-0.3, -0.25) is 0 Å². The van der Waals surface area contributed by atoms with Crippen molar-refractivity contribution in [3.05, 3.63) is 53.1 Å². The van der Waals surface area contributed by atoms with Crippen molar-refractivity contribution in [2.45, 2.75) is 13.5 Å². The maximum absolute atomic E-state index is 11.9. The van der Waals surface area contributed by atoms with Crippen molar-refractivity contribution in [2.24, 2.45) is 10.2 Å². The van der Waals surface area contributed by atoms with Gasteiger partial charge in [-0.1, -0.05) is 12.1 Å². The van der Waals surface area contributed by atoms with Crippen LogP contribution in [-0.2, 0) is 11.3 Å². The molecule has 2 aromatic rings. The molecule has 9 heteroatoms. The number of carboxylic acid groups (broad SMARTS) is 1. The Balaban J connectivity index is 2.02. The Bertz CT molecular complexity index is 914. The second-order valence-electron chi connectivity index (χ2n) is 6.41. The van der Waals surface area contributed by atoms with Gasteiger partial charge in [0.05, 0.1) is 11.4 Å². The fourth-order valence-electron chi connectivity index (χ4n) is 2.41. The largest absolute Gasteiger partial charge is 0.507 e. The number of likely N-dealkylation sites (N-methyl/N-ethyl adjacent to an activating group) is 2. The van der Waals surface area contributed by atoms with Gasteiger partial charge in [0.15, 0.2) is 0 Å². The number of carbonyl (C=O) groups excluding carboxylic acids is 1. The SMILES string of the molecule is CNCCN(C)C(=O)OCc1ccc(N=Nc2ccc(O)c(C(=O)O)c2)c(C)c1. The summed E-state index contributed by atoms with van der Waals surface area (Å²) in [4.78, 5) is 24.5. The molecule has 2 aromatic carbocycles. The minimum Gasteiger partial charge on any atom is -0.507 e. The average molecular weight is 400 g/mol. The number of aromatic carboxylic acids is 1. The number of aryl methyl sites for hydroxylation is 1. The number of benzene rings is 2. The summed E-state index contributed by atoms with van der Waals surface area (Å²) >= 11 is 0. The Hall–Kier alpha value is -3.46. The lowest BCUT2D eigenvalue weighted by atomic mass is 10.1. The smallest absolute Gasteiger partial charge is 0.409 e. The number of carbonyl (C=O) groups is 2. The second kappa shape index (κ2) is 10.2. The first-order valence-corrected chi connectivity index (χ1v) is 8.92. The monoisotopic (exact) mass is 400 g/mol. The average Bonchev–Trinajstić information content (AvgIpc) is 2.70. The molecule has 0 aromatic heterocycles. The van der Waals surface area contributed by atoms with Crippen LogP contribution < -0.4 is 5.32 Å². The van der Waals surface area contributed by atoms with Gasteiger partial charge in [0.25, 0.3) is 0 Å². The minimum absolute atomic E-state index is 0.140. The summed E-state index contributed by atoms with van der Waals surface area (Å²) < 4.78 is 5.28. The Morgan fingerprint density at radius 1 is 1.17 bits per heavy atom. The van der Waals surface area contributed by atoms with Crippen LogP contribution in [0.15, 0.2) is 46.6 Å². The highest BCUT2D eigenvalue weighted by Gasteiger charge is 2.11. The number of hydrogen-bond acceptors (Lipinski definition) is 7. The van der Waals surface area contributed by atoms with E-state index in [4.69, 9.17) is 9.84 Å². The lowest BCUT2D eigenvalue weighted by Crippen LogP contribution is -2.33. The number of nitrogens with one attached hydrogen (secondary N) is 1. The van der Waals surface area contributed by atoms with Crippen LogP contribution in [0.5, 0.6) is 5.75 Å². The lowest BCUT2D eigenvalue weighted by Gasteiger charge is -2.16. The van der Waals surface area contributed by atoms with Crippen LogP contribution in [0.1, 0.15) is 21.5 Å². The summed E-state index contributed by atoms with van der Waals surface area (Å²) in [7, 11) is 3.49. The molecule has 0 unspecified atom stereocenters. The summed E-state index contributed by atoms with van der Waals surface area (Å²) in [6.07, 6.45) is -0.400. The van der Waals surface area contributed by atoms with Gasteiger partial charge in [-0.15, -0.1) is 0 Å². The fourth-order valence-corrected chi connectivity index (χ4v) is 2.41. The van der Waals surface area contributed by atoms with Gasteiger partial charge < -0.3 is 25.2 Å². The van der Waals surface area contributed by atoms with Crippen LogP contribution in [0.25, 0.3) is 0 Å². The number of azo groups is 1. The molecule has 0 aliphatic heterocycles. The predicted molar refractivity (Wildman–Crippen MR) is 107 cm³/mol. The number of amides is 1. The molecule has 0 saturated heterocycles. The van der Waals surface area contributed by atoms with Crippen molar-refractivity contribution >= 4 is 23.4 Å². The summed E-state index contributed by atoms with van der Waals surface area (Å²) in [5, 5.41) is 29.7. The molecule has 3 N–H and O–H groups in total. The molecule has 0 fully saturated rings. The fraction of sp³-hybridized carbons (Fsp3) is 0.300. The van der Waals surface area contributed by atoms with E-state index in [2.05, 4.69) is 15.5 Å². The van der Waals surface area contributed by atoms with E-state index in [-0.39, 0.29) is 17.9 Å². The summed E-state index contributed by atoms with van der Waals surface area (Å²) in [6.45, 7) is 3.22. The molecule has 9 nitrogen and oxygen atoms in total. The number of rotatable bonds is 8. The highest BCUT2D eigenvalue weighted by atomic mass is 16.6. The molecule has 0 spiro atoms. The highest BCUT2D eigenvalue weighted by Crippen LogP contribution is 2.27. The molecule has 0 saturated carbocycles. The molecular formula is C20H24N4O5. The van der Waals surface area contributed by atoms with Gasteiger partial charge in [-0.05, 0) is 49.4 Å².